The Morgan fingerprint density at radius 2 is 2.40 bits per heavy atom. The van der Waals surface area contributed by atoms with E-state index in [0.717, 1.165) is 0 Å². The second kappa shape index (κ2) is 5.82. The van der Waals surface area contributed by atoms with Crippen LogP contribution in [0.2, 0.25) is 0 Å². The van der Waals surface area contributed by atoms with Crippen molar-refractivity contribution in [2.45, 2.75) is 26.3 Å². The molecule has 4 nitrogen and oxygen atoms in total. The van der Waals surface area contributed by atoms with Gasteiger partial charge in [-0.1, -0.05) is 13.8 Å². The number of amides is 1. The fourth-order valence-electron chi connectivity index (χ4n) is 1.28. The van der Waals surface area contributed by atoms with Crippen LogP contribution in [0, 0.1) is 5.92 Å². The van der Waals surface area contributed by atoms with Gasteiger partial charge < -0.3 is 10.4 Å². The highest BCUT2D eigenvalue weighted by atomic mass is 32.1. The van der Waals surface area contributed by atoms with Crippen molar-refractivity contribution < 1.29 is 9.90 Å². The van der Waals surface area contributed by atoms with Crippen LogP contribution in [0.15, 0.2) is 10.9 Å². The van der Waals surface area contributed by atoms with Gasteiger partial charge in [-0.25, -0.2) is 4.98 Å². The minimum absolute atomic E-state index is 0.00389. The maximum Gasteiger partial charge on any atom is 0.270 e. The lowest BCUT2D eigenvalue weighted by Crippen LogP contribution is -2.39. The average Bonchev–Trinajstić information content (AvgIpc) is 2.69. The molecule has 2 N–H and O–H groups in total. The van der Waals surface area contributed by atoms with Crippen LogP contribution in [0.25, 0.3) is 0 Å². The predicted octanol–water partition coefficient (Wildman–Crippen LogP) is 1.28. The standard InChI is InChI=1S/C10H16N2O2S/c1-7(2)8(3-4-13)12-10(14)9-5-15-6-11-9/h5-8,13H,3-4H2,1-2H3,(H,12,14). The number of hydrogen-bond acceptors (Lipinski definition) is 4. The number of aliphatic hydroxyl groups is 1. The van der Waals surface area contributed by atoms with Gasteiger partial charge in [0.2, 0.25) is 0 Å². The number of aliphatic hydroxyl groups excluding tert-OH is 1. The molecule has 5 heteroatoms. The fourth-order valence-corrected chi connectivity index (χ4v) is 1.81. The summed E-state index contributed by atoms with van der Waals surface area (Å²) in [6.45, 7) is 4.11. The van der Waals surface area contributed by atoms with Crippen molar-refractivity contribution in [2.75, 3.05) is 6.61 Å². The zero-order valence-corrected chi connectivity index (χ0v) is 9.75. The van der Waals surface area contributed by atoms with Crippen molar-refractivity contribution in [1.82, 2.24) is 10.3 Å². The highest BCUT2D eigenvalue weighted by Gasteiger charge is 2.17. The molecule has 84 valence electrons. The first-order chi connectivity index (χ1) is 7.15. The van der Waals surface area contributed by atoms with Crippen molar-refractivity contribution in [1.29, 1.82) is 0 Å². The Kier molecular flexibility index (Phi) is 4.71. The van der Waals surface area contributed by atoms with E-state index in [1.54, 1.807) is 10.9 Å². The Morgan fingerprint density at radius 1 is 1.67 bits per heavy atom. The molecular formula is C10H16N2O2S. The first kappa shape index (κ1) is 12.1. The van der Waals surface area contributed by atoms with Gasteiger partial charge in [-0.2, -0.15) is 0 Å². The second-order valence-corrected chi connectivity index (χ2v) is 4.43. The van der Waals surface area contributed by atoms with Gasteiger partial charge >= 0.3 is 0 Å². The molecule has 1 heterocycles. The molecule has 0 spiro atoms. The largest absolute Gasteiger partial charge is 0.396 e. The molecule has 1 unspecified atom stereocenters. The number of thiazole rings is 1. The minimum Gasteiger partial charge on any atom is -0.396 e. The lowest BCUT2D eigenvalue weighted by molar-refractivity contribution is 0.0912. The topological polar surface area (TPSA) is 62.2 Å². The molecule has 0 fully saturated rings. The summed E-state index contributed by atoms with van der Waals surface area (Å²) in [6.07, 6.45) is 0.577. The van der Waals surface area contributed by atoms with Crippen LogP contribution in [-0.2, 0) is 0 Å². The van der Waals surface area contributed by atoms with Gasteiger partial charge in [-0.05, 0) is 12.3 Å². The molecule has 0 saturated heterocycles. The van der Waals surface area contributed by atoms with Crippen molar-refractivity contribution in [2.24, 2.45) is 5.92 Å². The Bertz CT molecular complexity index is 298. The summed E-state index contributed by atoms with van der Waals surface area (Å²) < 4.78 is 0. The third kappa shape index (κ3) is 3.60. The van der Waals surface area contributed by atoms with Crippen LogP contribution in [0.4, 0.5) is 0 Å². The van der Waals surface area contributed by atoms with E-state index in [9.17, 15) is 4.79 Å². The molecular weight excluding hydrogens is 212 g/mol. The smallest absolute Gasteiger partial charge is 0.270 e. The fraction of sp³-hybridized carbons (Fsp3) is 0.600. The predicted molar refractivity (Wildman–Crippen MR) is 59.9 cm³/mol. The van der Waals surface area contributed by atoms with Crippen molar-refractivity contribution >= 4 is 17.2 Å². The Morgan fingerprint density at radius 3 is 2.87 bits per heavy atom. The molecule has 0 aliphatic carbocycles. The van der Waals surface area contributed by atoms with Crippen molar-refractivity contribution in [3.8, 4) is 0 Å². The Labute approximate surface area is 93.4 Å². The molecule has 0 bridgehead atoms. The van der Waals surface area contributed by atoms with Gasteiger partial charge in [0, 0.05) is 18.0 Å². The summed E-state index contributed by atoms with van der Waals surface area (Å²) in [5.41, 5.74) is 2.08. The molecule has 0 saturated carbocycles. The first-order valence-electron chi connectivity index (χ1n) is 4.95. The molecule has 1 rings (SSSR count). The van der Waals surface area contributed by atoms with E-state index >= 15 is 0 Å². The molecule has 0 aliphatic heterocycles. The van der Waals surface area contributed by atoms with Gasteiger partial charge in [0.25, 0.3) is 5.91 Å². The molecule has 15 heavy (non-hydrogen) atoms. The summed E-state index contributed by atoms with van der Waals surface area (Å²) in [7, 11) is 0. The van der Waals surface area contributed by atoms with Crippen molar-refractivity contribution in [3.05, 3.63) is 16.6 Å². The van der Waals surface area contributed by atoms with Crippen LogP contribution >= 0.6 is 11.3 Å². The summed E-state index contributed by atoms with van der Waals surface area (Å²) in [6, 6.07) is 0.00389. The maximum atomic E-state index is 11.6. The molecule has 1 amide bonds. The van der Waals surface area contributed by atoms with Gasteiger partial charge in [0.15, 0.2) is 0 Å². The molecule has 0 aliphatic rings. The van der Waals surface area contributed by atoms with Gasteiger partial charge in [0.05, 0.1) is 5.51 Å². The van der Waals surface area contributed by atoms with E-state index < -0.39 is 0 Å². The van der Waals surface area contributed by atoms with Crippen LogP contribution in [0.5, 0.6) is 0 Å². The molecule has 1 aromatic heterocycles. The first-order valence-corrected chi connectivity index (χ1v) is 5.89. The van der Waals surface area contributed by atoms with Crippen LogP contribution in [-0.4, -0.2) is 28.6 Å². The van der Waals surface area contributed by atoms with E-state index in [-0.39, 0.29) is 18.6 Å². The van der Waals surface area contributed by atoms with Gasteiger partial charge in [-0.15, -0.1) is 11.3 Å². The van der Waals surface area contributed by atoms with E-state index in [4.69, 9.17) is 5.11 Å². The molecule has 1 aromatic rings. The third-order valence-corrected chi connectivity index (χ3v) is 2.81. The quantitative estimate of drug-likeness (QED) is 0.798. The van der Waals surface area contributed by atoms with E-state index in [1.165, 1.54) is 11.3 Å². The number of hydrogen-bond donors (Lipinski definition) is 2. The zero-order chi connectivity index (χ0) is 11.3. The normalized spacial score (nSPS) is 12.8. The number of nitrogens with zero attached hydrogens (tertiary/aromatic N) is 1. The highest BCUT2D eigenvalue weighted by molar-refractivity contribution is 7.07. The SMILES string of the molecule is CC(C)C(CCO)NC(=O)c1cscn1. The van der Waals surface area contributed by atoms with E-state index in [0.29, 0.717) is 18.0 Å². The molecule has 0 aromatic carbocycles. The number of carbonyl (C=O) groups excluding carboxylic acids is 1. The zero-order valence-electron chi connectivity index (χ0n) is 8.93. The summed E-state index contributed by atoms with van der Waals surface area (Å²) in [5, 5.41) is 13.4. The average molecular weight is 228 g/mol. The van der Waals surface area contributed by atoms with Crippen LogP contribution in [0.1, 0.15) is 30.8 Å². The lowest BCUT2D eigenvalue weighted by Gasteiger charge is -2.20. The van der Waals surface area contributed by atoms with Crippen LogP contribution in [0.3, 0.4) is 0 Å². The maximum absolute atomic E-state index is 11.6. The van der Waals surface area contributed by atoms with E-state index in [1.807, 2.05) is 13.8 Å². The molecule has 0 radical (unpaired) electrons. The van der Waals surface area contributed by atoms with Gasteiger partial charge in [-0.3, -0.25) is 4.79 Å². The Balaban J connectivity index is 2.55. The minimum atomic E-state index is -0.164. The number of aromatic nitrogens is 1. The monoisotopic (exact) mass is 228 g/mol. The highest BCUT2D eigenvalue weighted by Crippen LogP contribution is 2.08. The number of rotatable bonds is 5. The summed E-state index contributed by atoms with van der Waals surface area (Å²) in [5.74, 6) is 0.142. The van der Waals surface area contributed by atoms with E-state index in [2.05, 4.69) is 10.3 Å². The Hall–Kier alpha value is -0.940. The number of carbonyl (C=O) groups is 1. The summed E-state index contributed by atoms with van der Waals surface area (Å²) >= 11 is 1.40. The van der Waals surface area contributed by atoms with Gasteiger partial charge in [0.1, 0.15) is 5.69 Å². The second-order valence-electron chi connectivity index (χ2n) is 3.71. The third-order valence-electron chi connectivity index (χ3n) is 2.23. The number of nitrogens with one attached hydrogen (secondary N) is 1. The van der Waals surface area contributed by atoms with Crippen molar-refractivity contribution in [3.63, 3.8) is 0 Å². The summed E-state index contributed by atoms with van der Waals surface area (Å²) in [4.78, 5) is 15.6. The lowest BCUT2D eigenvalue weighted by atomic mass is 10.0. The molecule has 1 atom stereocenters. The van der Waals surface area contributed by atoms with Crippen LogP contribution < -0.4 is 5.32 Å².